The van der Waals surface area contributed by atoms with E-state index in [4.69, 9.17) is 0 Å². The Hall–Kier alpha value is -1.28. The number of hydrogen-bond acceptors (Lipinski definition) is 2. The summed E-state index contributed by atoms with van der Waals surface area (Å²) in [4.78, 5) is 2.61. The number of rotatable bonds is 2. The monoisotopic (exact) mass is 271 g/mol. The van der Waals surface area contributed by atoms with Crippen LogP contribution in [0.5, 0.6) is 5.75 Å². The van der Waals surface area contributed by atoms with Crippen LogP contribution >= 0.6 is 0 Å². The van der Waals surface area contributed by atoms with Gasteiger partial charge >= 0.3 is 0 Å². The predicted molar refractivity (Wildman–Crippen MR) is 83.1 cm³/mol. The van der Waals surface area contributed by atoms with E-state index in [2.05, 4.69) is 44.4 Å². The van der Waals surface area contributed by atoms with Crippen molar-refractivity contribution in [2.24, 2.45) is 5.92 Å². The summed E-state index contributed by atoms with van der Waals surface area (Å²) in [5.41, 5.74) is 2.97. The average molecular weight is 271 g/mol. The number of likely N-dealkylation sites (tertiary alicyclic amines) is 1. The number of nitrogens with zero attached hydrogens (tertiary/aromatic N) is 1. The first-order valence-electron chi connectivity index (χ1n) is 7.68. The van der Waals surface area contributed by atoms with E-state index in [1.54, 1.807) is 0 Å². The third-order valence-electron chi connectivity index (χ3n) is 5.90. The topological polar surface area (TPSA) is 23.5 Å². The summed E-state index contributed by atoms with van der Waals surface area (Å²) in [6.45, 7) is 12.1. The van der Waals surface area contributed by atoms with Gasteiger partial charge in [0.25, 0.3) is 0 Å². The molecule has 3 rings (SSSR count). The SMILES string of the molecule is C=C[C@@H](C)N1CC[C@]2(C)c3cc(O)ccc3C[C@@H]1[C@@H]2C. The van der Waals surface area contributed by atoms with Crippen LogP contribution in [-0.2, 0) is 11.8 Å². The molecule has 1 aliphatic carbocycles. The fraction of sp³-hybridized carbons (Fsp3) is 0.556. The average Bonchev–Trinajstić information content (AvgIpc) is 2.43. The van der Waals surface area contributed by atoms with E-state index in [1.165, 1.54) is 11.1 Å². The Balaban J connectivity index is 2.06. The van der Waals surface area contributed by atoms with Crippen LogP contribution in [-0.4, -0.2) is 28.6 Å². The molecule has 1 aromatic rings. The minimum absolute atomic E-state index is 0.189. The van der Waals surface area contributed by atoms with Crippen LogP contribution < -0.4 is 0 Å². The Bertz CT molecular complexity index is 538. The molecule has 4 atom stereocenters. The molecule has 2 nitrogen and oxygen atoms in total. The van der Waals surface area contributed by atoms with E-state index in [1.807, 2.05) is 12.1 Å². The molecular formula is C18H25NO. The third kappa shape index (κ3) is 1.81. The number of aromatic hydroxyl groups is 1. The van der Waals surface area contributed by atoms with Gasteiger partial charge in [0, 0.05) is 12.1 Å². The van der Waals surface area contributed by atoms with Gasteiger partial charge in [-0.2, -0.15) is 0 Å². The van der Waals surface area contributed by atoms with Crippen molar-refractivity contribution in [1.82, 2.24) is 4.90 Å². The van der Waals surface area contributed by atoms with E-state index in [0.717, 1.165) is 19.4 Å². The van der Waals surface area contributed by atoms with Gasteiger partial charge in [-0.3, -0.25) is 4.90 Å². The summed E-state index contributed by atoms with van der Waals surface area (Å²) in [7, 11) is 0. The highest BCUT2D eigenvalue weighted by atomic mass is 16.3. The van der Waals surface area contributed by atoms with Gasteiger partial charge in [-0.1, -0.05) is 26.0 Å². The summed E-state index contributed by atoms with van der Waals surface area (Å²) < 4.78 is 0. The van der Waals surface area contributed by atoms with Gasteiger partial charge in [0.2, 0.25) is 0 Å². The van der Waals surface area contributed by atoms with Crippen LogP contribution in [0.15, 0.2) is 30.9 Å². The minimum atomic E-state index is 0.189. The molecule has 2 heteroatoms. The molecule has 1 aliphatic heterocycles. The second kappa shape index (κ2) is 4.63. The van der Waals surface area contributed by atoms with Crippen molar-refractivity contribution < 1.29 is 5.11 Å². The Kier molecular flexibility index (Phi) is 3.17. The first kappa shape index (κ1) is 13.7. The number of fused-ring (bicyclic) bond motifs is 4. The maximum absolute atomic E-state index is 9.84. The van der Waals surface area contributed by atoms with Crippen LogP contribution in [0, 0.1) is 5.92 Å². The summed E-state index contributed by atoms with van der Waals surface area (Å²) in [6, 6.07) is 6.96. The normalized spacial score (nSPS) is 34.4. The zero-order valence-corrected chi connectivity index (χ0v) is 12.8. The molecule has 1 heterocycles. The van der Waals surface area contributed by atoms with Crippen molar-refractivity contribution in [3.8, 4) is 5.75 Å². The molecule has 1 saturated heterocycles. The van der Waals surface area contributed by atoms with E-state index < -0.39 is 0 Å². The number of piperidine rings is 1. The highest BCUT2D eigenvalue weighted by Gasteiger charge is 2.48. The van der Waals surface area contributed by atoms with E-state index >= 15 is 0 Å². The lowest BCUT2D eigenvalue weighted by atomic mass is 9.59. The molecular weight excluding hydrogens is 246 g/mol. The largest absolute Gasteiger partial charge is 0.508 e. The molecule has 2 bridgehead atoms. The van der Waals surface area contributed by atoms with Crippen LogP contribution in [0.2, 0.25) is 0 Å². The van der Waals surface area contributed by atoms with Crippen molar-refractivity contribution in [3.63, 3.8) is 0 Å². The van der Waals surface area contributed by atoms with Gasteiger partial charge in [-0.15, -0.1) is 6.58 Å². The second-order valence-corrected chi connectivity index (χ2v) is 6.78. The van der Waals surface area contributed by atoms with E-state index in [-0.39, 0.29) is 5.41 Å². The zero-order chi connectivity index (χ0) is 14.5. The Morgan fingerprint density at radius 2 is 2.25 bits per heavy atom. The number of hydrogen-bond donors (Lipinski definition) is 1. The van der Waals surface area contributed by atoms with Gasteiger partial charge in [-0.25, -0.2) is 0 Å². The fourth-order valence-corrected chi connectivity index (χ4v) is 4.28. The lowest BCUT2D eigenvalue weighted by Gasteiger charge is -2.55. The van der Waals surface area contributed by atoms with Crippen molar-refractivity contribution in [1.29, 1.82) is 0 Å². The first-order chi connectivity index (χ1) is 9.47. The van der Waals surface area contributed by atoms with Gasteiger partial charge in [0.15, 0.2) is 0 Å². The zero-order valence-electron chi connectivity index (χ0n) is 12.8. The number of benzene rings is 1. The Morgan fingerprint density at radius 3 is 2.95 bits per heavy atom. The summed E-state index contributed by atoms with van der Waals surface area (Å²) in [5.74, 6) is 1.01. The molecule has 0 saturated carbocycles. The van der Waals surface area contributed by atoms with Crippen molar-refractivity contribution in [2.75, 3.05) is 6.54 Å². The molecule has 20 heavy (non-hydrogen) atoms. The second-order valence-electron chi connectivity index (χ2n) is 6.78. The molecule has 0 aromatic heterocycles. The van der Waals surface area contributed by atoms with E-state index in [0.29, 0.717) is 23.8 Å². The molecule has 0 unspecified atom stereocenters. The molecule has 0 spiro atoms. The lowest BCUT2D eigenvalue weighted by molar-refractivity contribution is 0.0180. The van der Waals surface area contributed by atoms with Crippen molar-refractivity contribution in [3.05, 3.63) is 42.0 Å². The summed E-state index contributed by atoms with van der Waals surface area (Å²) in [5, 5.41) is 9.84. The quantitative estimate of drug-likeness (QED) is 0.832. The maximum atomic E-state index is 9.84. The Labute approximate surface area is 122 Å². The molecule has 0 radical (unpaired) electrons. The lowest BCUT2D eigenvalue weighted by Crippen LogP contribution is -2.59. The van der Waals surface area contributed by atoms with Crippen LogP contribution in [0.25, 0.3) is 0 Å². The third-order valence-corrected chi connectivity index (χ3v) is 5.90. The minimum Gasteiger partial charge on any atom is -0.508 e. The van der Waals surface area contributed by atoms with Gasteiger partial charge in [-0.05, 0) is 60.9 Å². The molecule has 2 aliphatic rings. The Morgan fingerprint density at radius 1 is 1.50 bits per heavy atom. The van der Waals surface area contributed by atoms with Crippen LogP contribution in [0.1, 0.15) is 38.3 Å². The van der Waals surface area contributed by atoms with Crippen molar-refractivity contribution >= 4 is 0 Å². The highest BCUT2D eigenvalue weighted by molar-refractivity contribution is 5.44. The smallest absolute Gasteiger partial charge is 0.115 e. The highest BCUT2D eigenvalue weighted by Crippen LogP contribution is 2.49. The first-order valence-corrected chi connectivity index (χ1v) is 7.68. The fourth-order valence-electron chi connectivity index (χ4n) is 4.28. The predicted octanol–water partition coefficient (Wildman–Crippen LogP) is 3.49. The number of phenolic OH excluding ortho intramolecular Hbond substituents is 1. The maximum Gasteiger partial charge on any atom is 0.115 e. The molecule has 1 fully saturated rings. The van der Waals surface area contributed by atoms with E-state index in [9.17, 15) is 5.11 Å². The number of phenols is 1. The van der Waals surface area contributed by atoms with Gasteiger partial charge in [0.05, 0.1) is 0 Å². The van der Waals surface area contributed by atoms with Crippen LogP contribution in [0.3, 0.4) is 0 Å². The molecule has 1 N–H and O–H groups in total. The molecule has 108 valence electrons. The molecule has 1 aromatic carbocycles. The van der Waals surface area contributed by atoms with Crippen molar-refractivity contribution in [2.45, 2.75) is 51.1 Å². The summed E-state index contributed by atoms with van der Waals surface area (Å²) >= 11 is 0. The summed E-state index contributed by atoms with van der Waals surface area (Å²) in [6.07, 6.45) is 4.30. The van der Waals surface area contributed by atoms with Gasteiger partial charge in [0.1, 0.15) is 5.75 Å². The molecule has 0 amide bonds. The van der Waals surface area contributed by atoms with Gasteiger partial charge < -0.3 is 5.11 Å². The standard InChI is InChI=1S/C18H25NO/c1-5-12(2)19-9-8-18(4)13(3)17(19)10-14-6-7-15(20)11-16(14)18/h5-7,11-13,17,20H,1,8-10H2,2-4H3/t12-,13+,17-,18+/m1/s1. The van der Waals surface area contributed by atoms with Crippen LogP contribution in [0.4, 0.5) is 0 Å².